The van der Waals surface area contributed by atoms with E-state index in [1.807, 2.05) is 0 Å². The van der Waals surface area contributed by atoms with Gasteiger partial charge in [0.05, 0.1) is 12.7 Å². The molecule has 1 aromatic carbocycles. The van der Waals surface area contributed by atoms with Crippen LogP contribution in [0.5, 0.6) is 0 Å². The van der Waals surface area contributed by atoms with Crippen molar-refractivity contribution in [3.8, 4) is 0 Å². The molecule has 1 saturated carbocycles. The standard InChI is InChI=1S/C11H12FNO2.ClH/c1-15-11(14)8-4-6(2-3-9(8)12)7-5-10(7)13;/h2-4,7,10H,5,13H2,1H3;1H. The average Bonchev–Trinajstić information content (AvgIpc) is 2.95. The Morgan fingerprint density at radius 3 is 2.69 bits per heavy atom. The highest BCUT2D eigenvalue weighted by molar-refractivity contribution is 5.89. The van der Waals surface area contributed by atoms with Crippen LogP contribution in [-0.4, -0.2) is 19.1 Å². The number of hydrogen-bond acceptors (Lipinski definition) is 3. The van der Waals surface area contributed by atoms with E-state index in [2.05, 4.69) is 4.74 Å². The molecule has 2 atom stereocenters. The first-order chi connectivity index (χ1) is 7.13. The average molecular weight is 246 g/mol. The molecule has 1 aliphatic rings. The Bertz CT molecular complexity index is 411. The quantitative estimate of drug-likeness (QED) is 0.809. The Kier molecular flexibility index (Phi) is 3.88. The minimum atomic E-state index is -0.649. The fourth-order valence-corrected chi connectivity index (χ4v) is 1.64. The van der Waals surface area contributed by atoms with E-state index in [1.54, 1.807) is 6.07 Å². The zero-order valence-electron chi connectivity index (χ0n) is 8.77. The summed E-state index contributed by atoms with van der Waals surface area (Å²) in [7, 11) is 1.23. The SMILES string of the molecule is COC(=O)c1cc(C2CC2N)ccc1F.Cl. The molecule has 2 N–H and O–H groups in total. The number of halogens is 2. The van der Waals surface area contributed by atoms with Crippen LogP contribution in [0.25, 0.3) is 0 Å². The Labute approximate surface area is 99.2 Å². The molecule has 88 valence electrons. The van der Waals surface area contributed by atoms with Gasteiger partial charge in [0.15, 0.2) is 0 Å². The maximum atomic E-state index is 13.3. The second kappa shape index (κ2) is 4.80. The molecule has 2 unspecified atom stereocenters. The lowest BCUT2D eigenvalue weighted by atomic mass is 10.1. The van der Waals surface area contributed by atoms with Crippen molar-refractivity contribution in [2.24, 2.45) is 5.73 Å². The molecular formula is C11H13ClFNO2. The molecule has 0 radical (unpaired) electrons. The van der Waals surface area contributed by atoms with Gasteiger partial charge in [0, 0.05) is 12.0 Å². The van der Waals surface area contributed by atoms with Crippen LogP contribution in [0.4, 0.5) is 4.39 Å². The molecule has 1 aliphatic carbocycles. The van der Waals surface area contributed by atoms with Crippen LogP contribution >= 0.6 is 12.4 Å². The van der Waals surface area contributed by atoms with Crippen LogP contribution in [0, 0.1) is 5.82 Å². The lowest BCUT2D eigenvalue weighted by Crippen LogP contribution is -2.06. The third kappa shape index (κ3) is 2.33. The maximum Gasteiger partial charge on any atom is 0.340 e. The van der Waals surface area contributed by atoms with Crippen LogP contribution in [0.1, 0.15) is 28.3 Å². The van der Waals surface area contributed by atoms with Gasteiger partial charge in [-0.3, -0.25) is 0 Å². The van der Waals surface area contributed by atoms with Gasteiger partial charge in [0.1, 0.15) is 5.82 Å². The number of ether oxygens (including phenoxy) is 1. The van der Waals surface area contributed by atoms with E-state index in [4.69, 9.17) is 5.73 Å². The normalized spacial score (nSPS) is 22.2. The molecule has 16 heavy (non-hydrogen) atoms. The van der Waals surface area contributed by atoms with Gasteiger partial charge in [0.2, 0.25) is 0 Å². The van der Waals surface area contributed by atoms with Crippen molar-refractivity contribution >= 4 is 18.4 Å². The Morgan fingerprint density at radius 1 is 1.56 bits per heavy atom. The zero-order chi connectivity index (χ0) is 11.0. The smallest absolute Gasteiger partial charge is 0.340 e. The molecule has 0 bridgehead atoms. The number of esters is 1. The highest BCUT2D eigenvalue weighted by Gasteiger charge is 2.35. The van der Waals surface area contributed by atoms with Gasteiger partial charge in [-0.15, -0.1) is 12.4 Å². The molecule has 0 aromatic heterocycles. The lowest BCUT2D eigenvalue weighted by molar-refractivity contribution is 0.0595. The molecule has 0 saturated heterocycles. The number of nitrogens with two attached hydrogens (primary N) is 1. The molecule has 1 aromatic rings. The predicted molar refractivity (Wildman–Crippen MR) is 60.3 cm³/mol. The monoisotopic (exact) mass is 245 g/mol. The molecule has 0 amide bonds. The van der Waals surface area contributed by atoms with E-state index in [1.165, 1.54) is 19.2 Å². The second-order valence-electron chi connectivity index (χ2n) is 3.74. The Balaban J connectivity index is 0.00000128. The van der Waals surface area contributed by atoms with Gasteiger partial charge >= 0.3 is 5.97 Å². The molecule has 5 heteroatoms. The number of benzene rings is 1. The molecular weight excluding hydrogens is 233 g/mol. The second-order valence-corrected chi connectivity index (χ2v) is 3.74. The molecule has 2 rings (SSSR count). The summed E-state index contributed by atoms with van der Waals surface area (Å²) in [6.07, 6.45) is 0.895. The van der Waals surface area contributed by atoms with Gasteiger partial charge in [-0.25, -0.2) is 9.18 Å². The molecule has 1 fully saturated rings. The minimum absolute atomic E-state index is 0. The van der Waals surface area contributed by atoms with Crippen LogP contribution < -0.4 is 5.73 Å². The summed E-state index contributed by atoms with van der Waals surface area (Å²) in [6.45, 7) is 0. The lowest BCUT2D eigenvalue weighted by Gasteiger charge is -2.04. The van der Waals surface area contributed by atoms with E-state index in [-0.39, 0.29) is 29.9 Å². The van der Waals surface area contributed by atoms with E-state index in [0.29, 0.717) is 0 Å². The van der Waals surface area contributed by atoms with Crippen LogP contribution in [0.2, 0.25) is 0 Å². The third-order valence-electron chi connectivity index (χ3n) is 2.66. The van der Waals surface area contributed by atoms with Crippen LogP contribution in [-0.2, 0) is 4.74 Å². The van der Waals surface area contributed by atoms with Crippen molar-refractivity contribution in [3.05, 3.63) is 35.1 Å². The first kappa shape index (κ1) is 12.9. The highest BCUT2D eigenvalue weighted by atomic mass is 35.5. The van der Waals surface area contributed by atoms with Crippen molar-refractivity contribution in [2.75, 3.05) is 7.11 Å². The van der Waals surface area contributed by atoms with Crippen molar-refractivity contribution in [1.29, 1.82) is 0 Å². The van der Waals surface area contributed by atoms with E-state index in [0.717, 1.165) is 12.0 Å². The van der Waals surface area contributed by atoms with E-state index in [9.17, 15) is 9.18 Å². The summed E-state index contributed by atoms with van der Waals surface area (Å²) in [5.74, 6) is -0.947. The van der Waals surface area contributed by atoms with Crippen LogP contribution in [0.15, 0.2) is 18.2 Å². The van der Waals surface area contributed by atoms with Crippen molar-refractivity contribution in [2.45, 2.75) is 18.4 Å². The van der Waals surface area contributed by atoms with Crippen LogP contribution in [0.3, 0.4) is 0 Å². The zero-order valence-corrected chi connectivity index (χ0v) is 9.59. The summed E-state index contributed by atoms with van der Waals surface area (Å²) >= 11 is 0. The molecule has 3 nitrogen and oxygen atoms in total. The minimum Gasteiger partial charge on any atom is -0.465 e. The number of methoxy groups -OCH3 is 1. The van der Waals surface area contributed by atoms with Crippen molar-refractivity contribution < 1.29 is 13.9 Å². The van der Waals surface area contributed by atoms with Gasteiger partial charge in [-0.1, -0.05) is 6.07 Å². The first-order valence-corrected chi connectivity index (χ1v) is 4.77. The fourth-order valence-electron chi connectivity index (χ4n) is 1.64. The topological polar surface area (TPSA) is 52.3 Å². The summed E-state index contributed by atoms with van der Waals surface area (Å²) in [5, 5.41) is 0. The summed E-state index contributed by atoms with van der Waals surface area (Å²) in [4.78, 5) is 11.2. The van der Waals surface area contributed by atoms with Gasteiger partial charge < -0.3 is 10.5 Å². The molecule has 0 aliphatic heterocycles. The van der Waals surface area contributed by atoms with E-state index < -0.39 is 11.8 Å². The molecule has 0 spiro atoms. The van der Waals surface area contributed by atoms with E-state index >= 15 is 0 Å². The predicted octanol–water partition coefficient (Wildman–Crippen LogP) is 1.85. The van der Waals surface area contributed by atoms with Gasteiger partial charge in [0.25, 0.3) is 0 Å². The summed E-state index contributed by atoms with van der Waals surface area (Å²) in [5.41, 5.74) is 6.57. The maximum absolute atomic E-state index is 13.3. The Hall–Kier alpha value is -1.13. The number of carbonyl (C=O) groups excluding carboxylic acids is 1. The van der Waals surface area contributed by atoms with Gasteiger partial charge in [-0.2, -0.15) is 0 Å². The number of rotatable bonds is 2. The summed E-state index contributed by atoms with van der Waals surface area (Å²) in [6, 6.07) is 4.62. The third-order valence-corrected chi connectivity index (χ3v) is 2.66. The Morgan fingerprint density at radius 2 is 2.19 bits per heavy atom. The highest BCUT2D eigenvalue weighted by Crippen LogP contribution is 2.39. The van der Waals surface area contributed by atoms with Crippen molar-refractivity contribution in [3.63, 3.8) is 0 Å². The van der Waals surface area contributed by atoms with Gasteiger partial charge in [-0.05, 0) is 24.1 Å². The molecule has 0 heterocycles. The fraction of sp³-hybridized carbons (Fsp3) is 0.364. The number of carbonyl (C=O) groups is 1. The number of hydrogen-bond donors (Lipinski definition) is 1. The largest absolute Gasteiger partial charge is 0.465 e. The summed E-state index contributed by atoms with van der Waals surface area (Å²) < 4.78 is 17.7. The first-order valence-electron chi connectivity index (χ1n) is 4.77. The van der Waals surface area contributed by atoms with Crippen molar-refractivity contribution in [1.82, 2.24) is 0 Å².